The molecule has 0 spiro atoms. The number of halogens is 8. The van der Waals surface area contributed by atoms with Crippen molar-refractivity contribution in [3.8, 4) is 0 Å². The molecule has 1 aliphatic rings. The van der Waals surface area contributed by atoms with Gasteiger partial charge in [0.05, 0.1) is 11.0 Å². The summed E-state index contributed by atoms with van der Waals surface area (Å²) in [6.45, 7) is 1.10. The van der Waals surface area contributed by atoms with E-state index in [2.05, 4.69) is 10.3 Å². The molecule has 1 aliphatic carbocycles. The topological polar surface area (TPSA) is 78.3 Å². The van der Waals surface area contributed by atoms with Crippen LogP contribution in [0.4, 0.5) is 23.7 Å². The van der Waals surface area contributed by atoms with Gasteiger partial charge in [-0.3, -0.25) is 5.32 Å². The summed E-state index contributed by atoms with van der Waals surface area (Å²) >= 11 is 28.9. The van der Waals surface area contributed by atoms with E-state index in [1.807, 2.05) is 0 Å². The van der Waals surface area contributed by atoms with Crippen molar-refractivity contribution >= 4 is 75.5 Å². The van der Waals surface area contributed by atoms with E-state index in [4.69, 9.17) is 68.5 Å². The van der Waals surface area contributed by atoms with E-state index in [1.165, 1.54) is 6.08 Å². The summed E-state index contributed by atoms with van der Waals surface area (Å²) in [5, 5.41) is 2.83. The minimum atomic E-state index is -1.87. The molecule has 32 heavy (non-hydrogen) atoms. The standard InChI is InChI=1S/C19H15Cl5F3N3O2/c1-8-10(2-3-11(20)15(8)21)16(30-17-12(26)4-9(25)5-13(17)27)14(6-28)29-18(31)32-7-19(22,23)24/h2-6,8,10H,7,28H2,1H3,(H,29,31)/p+1. The highest BCUT2D eigenvalue weighted by Gasteiger charge is 2.35. The fourth-order valence-corrected chi connectivity index (χ4v) is 3.38. The molecule has 1 aromatic rings. The Morgan fingerprint density at radius 1 is 1.25 bits per heavy atom. The quantitative estimate of drug-likeness (QED) is 0.367. The Morgan fingerprint density at radius 3 is 2.38 bits per heavy atom. The third-order valence-electron chi connectivity index (χ3n) is 4.28. The second-order valence-corrected chi connectivity index (χ2v) is 9.88. The summed E-state index contributed by atoms with van der Waals surface area (Å²) < 4.78 is 44.9. The van der Waals surface area contributed by atoms with E-state index in [0.29, 0.717) is 12.1 Å². The number of hydrogen-bond donors (Lipinski definition) is 3. The highest BCUT2D eigenvalue weighted by molar-refractivity contribution is 6.67. The molecule has 0 heterocycles. The average Bonchev–Trinajstić information content (AvgIpc) is 2.69. The Morgan fingerprint density at radius 2 is 1.84 bits per heavy atom. The number of alkyl carbamates (subject to hydrolysis) is 1. The van der Waals surface area contributed by atoms with Crippen LogP contribution in [0.5, 0.6) is 0 Å². The van der Waals surface area contributed by atoms with E-state index in [0.717, 1.165) is 6.20 Å². The highest BCUT2D eigenvalue weighted by Crippen LogP contribution is 2.35. The van der Waals surface area contributed by atoms with Gasteiger partial charge in [0.1, 0.15) is 18.1 Å². The number of amides is 1. The molecule has 13 heteroatoms. The Bertz CT molecular complexity index is 999. The molecule has 1 amide bonds. The molecule has 5 nitrogen and oxygen atoms in total. The van der Waals surface area contributed by atoms with Crippen LogP contribution in [0.1, 0.15) is 6.92 Å². The number of benzene rings is 1. The lowest BCUT2D eigenvalue weighted by atomic mass is 9.84. The van der Waals surface area contributed by atoms with Crippen LogP contribution in [0.25, 0.3) is 0 Å². The van der Waals surface area contributed by atoms with Crippen molar-refractivity contribution in [3.05, 3.63) is 63.7 Å². The van der Waals surface area contributed by atoms with Crippen LogP contribution in [0.3, 0.4) is 0 Å². The van der Waals surface area contributed by atoms with Crippen LogP contribution in [0.2, 0.25) is 0 Å². The van der Waals surface area contributed by atoms with Crippen molar-refractivity contribution in [3.63, 3.8) is 0 Å². The minimum Gasteiger partial charge on any atom is -0.445 e. The Labute approximate surface area is 206 Å². The van der Waals surface area contributed by atoms with Crippen LogP contribution in [-0.2, 0) is 4.74 Å². The molecule has 2 rings (SSSR count). The lowest BCUT2D eigenvalue weighted by molar-refractivity contribution is -0.363. The van der Waals surface area contributed by atoms with Gasteiger partial charge in [-0.05, 0) is 6.08 Å². The highest BCUT2D eigenvalue weighted by atomic mass is 35.6. The van der Waals surface area contributed by atoms with Crippen LogP contribution < -0.4 is 16.0 Å². The zero-order valence-corrected chi connectivity index (χ0v) is 19.9. The summed E-state index contributed by atoms with van der Waals surface area (Å²) in [4.78, 5) is 14.7. The number of hydrogen-bond acceptors (Lipinski definition) is 3. The van der Waals surface area contributed by atoms with Gasteiger partial charge in [0, 0.05) is 29.3 Å². The Kier molecular flexibility index (Phi) is 9.19. The molecular weight excluding hydrogens is 536 g/mol. The minimum absolute atomic E-state index is 0.00816. The number of nitrogens with two attached hydrogens (primary N) is 1. The molecule has 2 unspecified atom stereocenters. The van der Waals surface area contributed by atoms with Crippen molar-refractivity contribution in [2.45, 2.75) is 10.7 Å². The molecule has 174 valence electrons. The fourth-order valence-electron chi connectivity index (χ4n) is 2.77. The van der Waals surface area contributed by atoms with Gasteiger partial charge in [-0.15, -0.1) is 0 Å². The van der Waals surface area contributed by atoms with Gasteiger partial charge in [0.25, 0.3) is 5.69 Å². The van der Waals surface area contributed by atoms with Crippen molar-refractivity contribution in [2.75, 3.05) is 6.61 Å². The maximum Gasteiger partial charge on any atom is 0.412 e. The number of nitrogens with one attached hydrogen (secondary N) is 2. The molecule has 0 aliphatic heterocycles. The predicted octanol–water partition coefficient (Wildman–Crippen LogP) is 4.66. The zero-order chi connectivity index (χ0) is 24.2. The second kappa shape index (κ2) is 11.0. The molecule has 0 saturated heterocycles. The maximum absolute atomic E-state index is 14.3. The number of carbonyl (C=O) groups is 1. The normalized spacial score (nSPS) is 19.9. The summed E-state index contributed by atoms with van der Waals surface area (Å²) in [6, 6.07) is 0.975. The number of rotatable bonds is 5. The first-order valence-corrected chi connectivity index (χ1v) is 10.7. The number of carbonyl (C=O) groups excluding carboxylic acids is 1. The average molecular weight is 553 g/mol. The summed E-state index contributed by atoms with van der Waals surface area (Å²) in [6.07, 6.45) is 2.94. The van der Waals surface area contributed by atoms with Gasteiger partial charge in [-0.2, -0.15) is 8.78 Å². The molecule has 1 aromatic carbocycles. The largest absolute Gasteiger partial charge is 0.445 e. The van der Waals surface area contributed by atoms with Crippen LogP contribution in [0, 0.1) is 29.3 Å². The smallest absolute Gasteiger partial charge is 0.412 e. The van der Waals surface area contributed by atoms with Crippen LogP contribution in [0.15, 0.2) is 46.2 Å². The molecule has 0 saturated carbocycles. The van der Waals surface area contributed by atoms with Crippen LogP contribution in [-0.4, -0.2) is 22.2 Å². The Balaban J connectivity index is 2.52. The van der Waals surface area contributed by atoms with E-state index in [-0.39, 0.29) is 21.5 Å². The molecule has 2 atom stereocenters. The third kappa shape index (κ3) is 6.96. The summed E-state index contributed by atoms with van der Waals surface area (Å²) in [7, 11) is 0. The van der Waals surface area contributed by atoms with Crippen molar-refractivity contribution in [2.24, 2.45) is 17.6 Å². The first-order valence-electron chi connectivity index (χ1n) is 8.78. The van der Waals surface area contributed by atoms with Gasteiger partial charge in [-0.1, -0.05) is 71.0 Å². The molecular formula is C19H16Cl5F3N3O2+. The van der Waals surface area contributed by atoms with Crippen molar-refractivity contribution in [1.29, 1.82) is 0 Å². The summed E-state index contributed by atoms with van der Waals surface area (Å²) in [5.74, 6) is -4.75. The maximum atomic E-state index is 14.3. The number of alkyl halides is 3. The fraction of sp³-hybridized carbons (Fsp3) is 0.263. The van der Waals surface area contributed by atoms with Gasteiger partial charge in [-0.25, -0.2) is 14.2 Å². The molecule has 4 N–H and O–H groups in total. The van der Waals surface area contributed by atoms with Gasteiger partial charge < -0.3 is 10.5 Å². The van der Waals surface area contributed by atoms with Gasteiger partial charge >= 0.3 is 6.09 Å². The third-order valence-corrected chi connectivity index (χ3v) is 5.58. The SMILES string of the molecule is CC1C(Cl)=C(Cl)C=CC1C(=[NH+]c1c(F)cc(F)cc1F)C(=CN)NC(=O)OCC(Cl)(Cl)Cl. The molecule has 0 radical (unpaired) electrons. The zero-order valence-electron chi connectivity index (χ0n) is 16.2. The monoisotopic (exact) mass is 550 g/mol. The van der Waals surface area contributed by atoms with E-state index >= 15 is 0 Å². The van der Waals surface area contributed by atoms with Gasteiger partial charge in [0.15, 0.2) is 11.6 Å². The lowest BCUT2D eigenvalue weighted by Crippen LogP contribution is -2.71. The first kappa shape index (κ1) is 26.7. The van der Waals surface area contributed by atoms with Gasteiger partial charge in [0.2, 0.25) is 9.50 Å². The number of ether oxygens (including phenoxy) is 1. The van der Waals surface area contributed by atoms with E-state index in [1.54, 1.807) is 13.0 Å². The van der Waals surface area contributed by atoms with Crippen LogP contribution >= 0.6 is 58.0 Å². The Hall–Kier alpha value is -1.58. The second-order valence-electron chi connectivity index (χ2n) is 6.55. The number of allylic oxidation sites excluding steroid dienone is 5. The molecule has 0 fully saturated rings. The molecule has 0 bridgehead atoms. The lowest BCUT2D eigenvalue weighted by Gasteiger charge is -2.24. The predicted molar refractivity (Wildman–Crippen MR) is 120 cm³/mol. The van der Waals surface area contributed by atoms with Crippen molar-refractivity contribution in [1.82, 2.24) is 5.32 Å². The van der Waals surface area contributed by atoms with E-state index < -0.39 is 51.5 Å². The van der Waals surface area contributed by atoms with Crippen molar-refractivity contribution < 1.29 is 27.7 Å². The van der Waals surface area contributed by atoms with E-state index in [9.17, 15) is 18.0 Å². The first-order chi connectivity index (χ1) is 14.8. The summed E-state index contributed by atoms with van der Waals surface area (Å²) in [5.41, 5.74) is 4.85. The molecule has 0 aromatic heterocycles.